The summed E-state index contributed by atoms with van der Waals surface area (Å²) in [5.74, 6) is -0.992. The fraction of sp³-hybridized carbons (Fsp3) is 0.0833. The van der Waals surface area contributed by atoms with Gasteiger partial charge in [-0.05, 0) is 25.1 Å². The zero-order chi connectivity index (χ0) is 12.7. The lowest BCUT2D eigenvalue weighted by atomic mass is 10.1. The fourth-order valence-corrected chi connectivity index (χ4v) is 1.88. The highest BCUT2D eigenvalue weighted by molar-refractivity contribution is 5.93. The molecule has 3 aromatic heterocycles. The van der Waals surface area contributed by atoms with Crippen molar-refractivity contribution in [3.05, 3.63) is 35.8 Å². The molecule has 0 amide bonds. The number of H-pyrrole nitrogens is 2. The van der Waals surface area contributed by atoms with E-state index in [9.17, 15) is 4.79 Å². The zero-order valence-corrected chi connectivity index (χ0v) is 9.56. The molecule has 90 valence electrons. The number of pyridine rings is 1. The standard InChI is InChI=1S/C12H10N4O2/c1-6-8(5-13-16-6)9-3-2-7-4-10(12(17)18)15-11(7)14-9/h2-5H,1H3,(H,13,16)(H,14,15)(H,17,18). The van der Waals surface area contributed by atoms with E-state index in [0.29, 0.717) is 5.65 Å². The number of carbonyl (C=O) groups is 1. The fourth-order valence-electron chi connectivity index (χ4n) is 1.88. The second kappa shape index (κ2) is 3.69. The molecule has 0 bridgehead atoms. The summed E-state index contributed by atoms with van der Waals surface area (Å²) in [5.41, 5.74) is 3.28. The lowest BCUT2D eigenvalue weighted by Crippen LogP contribution is -1.95. The molecule has 18 heavy (non-hydrogen) atoms. The molecule has 0 aromatic carbocycles. The van der Waals surface area contributed by atoms with Crippen LogP contribution >= 0.6 is 0 Å². The maximum absolute atomic E-state index is 10.9. The summed E-state index contributed by atoms with van der Waals surface area (Å²) in [4.78, 5) is 18.0. The highest BCUT2D eigenvalue weighted by Gasteiger charge is 2.10. The average molecular weight is 242 g/mol. The Balaban J connectivity index is 2.17. The van der Waals surface area contributed by atoms with Gasteiger partial charge in [0.2, 0.25) is 0 Å². The Kier molecular flexibility index (Phi) is 2.16. The molecular weight excluding hydrogens is 232 g/mol. The zero-order valence-electron chi connectivity index (χ0n) is 9.56. The van der Waals surface area contributed by atoms with Crippen LogP contribution in [0, 0.1) is 6.92 Å². The first-order valence-electron chi connectivity index (χ1n) is 5.38. The quantitative estimate of drug-likeness (QED) is 0.640. The minimum Gasteiger partial charge on any atom is -0.477 e. The SMILES string of the molecule is Cc1[nH]ncc1-c1ccc2cc(C(=O)O)[nH]c2n1. The molecular formula is C12H10N4O2. The summed E-state index contributed by atoms with van der Waals surface area (Å²) >= 11 is 0. The smallest absolute Gasteiger partial charge is 0.352 e. The third-order valence-corrected chi connectivity index (χ3v) is 2.82. The number of aryl methyl sites for hydroxylation is 1. The van der Waals surface area contributed by atoms with E-state index in [1.165, 1.54) is 0 Å². The van der Waals surface area contributed by atoms with Gasteiger partial charge in [-0.1, -0.05) is 0 Å². The maximum atomic E-state index is 10.9. The van der Waals surface area contributed by atoms with Gasteiger partial charge in [-0.3, -0.25) is 5.10 Å². The molecule has 0 radical (unpaired) electrons. The van der Waals surface area contributed by atoms with Crippen LogP contribution in [0.1, 0.15) is 16.2 Å². The first-order valence-corrected chi connectivity index (χ1v) is 5.38. The molecule has 3 aromatic rings. The van der Waals surface area contributed by atoms with E-state index in [-0.39, 0.29) is 5.69 Å². The van der Waals surface area contributed by atoms with Crippen molar-refractivity contribution in [2.24, 2.45) is 0 Å². The minimum atomic E-state index is -0.992. The van der Waals surface area contributed by atoms with Crippen LogP contribution in [0.5, 0.6) is 0 Å². The molecule has 3 N–H and O–H groups in total. The number of rotatable bonds is 2. The van der Waals surface area contributed by atoms with Crippen molar-refractivity contribution >= 4 is 17.0 Å². The normalized spacial score (nSPS) is 10.9. The summed E-state index contributed by atoms with van der Waals surface area (Å²) in [6.45, 7) is 1.91. The van der Waals surface area contributed by atoms with Gasteiger partial charge in [-0.2, -0.15) is 5.10 Å². The largest absolute Gasteiger partial charge is 0.477 e. The highest BCUT2D eigenvalue weighted by atomic mass is 16.4. The average Bonchev–Trinajstić information content (AvgIpc) is 2.93. The van der Waals surface area contributed by atoms with Gasteiger partial charge >= 0.3 is 5.97 Å². The van der Waals surface area contributed by atoms with Crippen molar-refractivity contribution in [3.63, 3.8) is 0 Å². The predicted octanol–water partition coefficient (Wildman–Crippen LogP) is 1.96. The Morgan fingerprint density at radius 1 is 1.39 bits per heavy atom. The van der Waals surface area contributed by atoms with E-state index in [1.54, 1.807) is 12.3 Å². The molecule has 0 unspecified atom stereocenters. The lowest BCUT2D eigenvalue weighted by Gasteiger charge is -1.98. The molecule has 0 aliphatic heterocycles. The second-order valence-corrected chi connectivity index (χ2v) is 4.03. The van der Waals surface area contributed by atoms with Crippen LogP contribution in [-0.4, -0.2) is 31.2 Å². The molecule has 3 rings (SSSR count). The van der Waals surface area contributed by atoms with Gasteiger partial charge < -0.3 is 10.1 Å². The van der Waals surface area contributed by atoms with Crippen LogP contribution in [-0.2, 0) is 0 Å². The van der Waals surface area contributed by atoms with Gasteiger partial charge in [0.1, 0.15) is 11.3 Å². The van der Waals surface area contributed by atoms with Crippen LogP contribution in [0.3, 0.4) is 0 Å². The van der Waals surface area contributed by atoms with Gasteiger partial charge in [0.15, 0.2) is 0 Å². The Labute approximate surface area is 102 Å². The molecule has 6 nitrogen and oxygen atoms in total. The molecule has 0 spiro atoms. The van der Waals surface area contributed by atoms with Crippen LogP contribution in [0.4, 0.5) is 0 Å². The minimum absolute atomic E-state index is 0.138. The number of carboxylic acid groups (broad SMARTS) is 1. The predicted molar refractivity (Wildman–Crippen MR) is 65.4 cm³/mol. The number of aromatic nitrogens is 4. The third kappa shape index (κ3) is 1.55. The molecule has 0 saturated heterocycles. The Morgan fingerprint density at radius 3 is 2.89 bits per heavy atom. The summed E-state index contributed by atoms with van der Waals surface area (Å²) in [6.07, 6.45) is 1.70. The monoisotopic (exact) mass is 242 g/mol. The van der Waals surface area contributed by atoms with Crippen molar-refractivity contribution < 1.29 is 9.90 Å². The Bertz CT molecular complexity index is 741. The van der Waals surface area contributed by atoms with E-state index >= 15 is 0 Å². The molecule has 0 atom stereocenters. The number of hydrogen-bond acceptors (Lipinski definition) is 3. The Morgan fingerprint density at radius 2 is 2.22 bits per heavy atom. The van der Waals surface area contributed by atoms with Crippen LogP contribution in [0.25, 0.3) is 22.3 Å². The van der Waals surface area contributed by atoms with E-state index in [0.717, 1.165) is 22.3 Å². The van der Waals surface area contributed by atoms with E-state index in [4.69, 9.17) is 5.11 Å². The van der Waals surface area contributed by atoms with Crippen molar-refractivity contribution in [2.75, 3.05) is 0 Å². The second-order valence-electron chi connectivity index (χ2n) is 4.03. The Hall–Kier alpha value is -2.63. The van der Waals surface area contributed by atoms with Crippen molar-refractivity contribution in [1.82, 2.24) is 20.2 Å². The number of carboxylic acids is 1. The number of fused-ring (bicyclic) bond motifs is 1. The van der Waals surface area contributed by atoms with E-state index < -0.39 is 5.97 Å². The van der Waals surface area contributed by atoms with Gasteiger partial charge in [0.05, 0.1) is 11.9 Å². The summed E-state index contributed by atoms with van der Waals surface area (Å²) in [6, 6.07) is 5.25. The first kappa shape index (κ1) is 10.5. The maximum Gasteiger partial charge on any atom is 0.352 e. The van der Waals surface area contributed by atoms with Gasteiger partial charge in [-0.15, -0.1) is 0 Å². The van der Waals surface area contributed by atoms with Crippen molar-refractivity contribution in [3.8, 4) is 11.3 Å². The summed E-state index contributed by atoms with van der Waals surface area (Å²) < 4.78 is 0. The summed E-state index contributed by atoms with van der Waals surface area (Å²) in [7, 11) is 0. The number of aromatic amines is 2. The highest BCUT2D eigenvalue weighted by Crippen LogP contribution is 2.22. The topological polar surface area (TPSA) is 94.7 Å². The van der Waals surface area contributed by atoms with Crippen LogP contribution in [0.15, 0.2) is 24.4 Å². The van der Waals surface area contributed by atoms with Crippen LogP contribution < -0.4 is 0 Å². The number of hydrogen-bond donors (Lipinski definition) is 3. The number of nitrogens with one attached hydrogen (secondary N) is 2. The van der Waals surface area contributed by atoms with Gasteiger partial charge in [0.25, 0.3) is 0 Å². The molecule has 0 aliphatic carbocycles. The molecule has 0 saturated carbocycles. The van der Waals surface area contributed by atoms with Crippen molar-refractivity contribution in [2.45, 2.75) is 6.92 Å². The molecule has 3 heterocycles. The van der Waals surface area contributed by atoms with Gasteiger partial charge in [0, 0.05) is 16.6 Å². The molecule has 0 aliphatic rings. The van der Waals surface area contributed by atoms with E-state index in [1.807, 2.05) is 19.1 Å². The summed E-state index contributed by atoms with van der Waals surface area (Å²) in [5, 5.41) is 16.5. The van der Waals surface area contributed by atoms with E-state index in [2.05, 4.69) is 20.2 Å². The molecule has 0 fully saturated rings. The third-order valence-electron chi connectivity index (χ3n) is 2.82. The van der Waals surface area contributed by atoms with Crippen molar-refractivity contribution in [1.29, 1.82) is 0 Å². The number of nitrogens with zero attached hydrogens (tertiary/aromatic N) is 2. The molecule has 6 heteroatoms. The number of aromatic carboxylic acids is 1. The van der Waals surface area contributed by atoms with Gasteiger partial charge in [-0.25, -0.2) is 9.78 Å². The first-order chi connectivity index (χ1) is 8.65. The van der Waals surface area contributed by atoms with Crippen LogP contribution in [0.2, 0.25) is 0 Å². The lowest BCUT2D eigenvalue weighted by molar-refractivity contribution is 0.0691.